The molecule has 0 N–H and O–H groups in total. The lowest BCUT2D eigenvalue weighted by atomic mass is 9.80. The van der Waals surface area contributed by atoms with E-state index in [4.69, 9.17) is 0 Å². The predicted octanol–water partition coefficient (Wildman–Crippen LogP) is 15.7. The van der Waals surface area contributed by atoms with Crippen molar-refractivity contribution >= 4 is 49.6 Å². The molecule has 1 aliphatic carbocycles. The fraction of sp³-hybridized carbons (Fsp3) is 0.193. The van der Waals surface area contributed by atoms with Crippen molar-refractivity contribution < 1.29 is 0 Å². The molecular formula is C57H52N2. The van der Waals surface area contributed by atoms with Crippen molar-refractivity contribution in [1.29, 1.82) is 0 Å². The highest BCUT2D eigenvalue weighted by molar-refractivity contribution is 6.16. The molecule has 0 atom stereocenters. The second-order valence-electron chi connectivity index (χ2n) is 17.2. The number of fused-ring (bicyclic) bond motifs is 8. The zero-order chi connectivity index (χ0) is 40.6. The van der Waals surface area contributed by atoms with Crippen molar-refractivity contribution in [3.8, 4) is 33.4 Å². The zero-order valence-corrected chi connectivity index (χ0v) is 35.4. The van der Waals surface area contributed by atoms with E-state index in [2.05, 4.69) is 210 Å². The number of nitrogens with zero attached hydrogens (tertiary/aromatic N) is 2. The van der Waals surface area contributed by atoms with Gasteiger partial charge in [-0.05, 0) is 124 Å². The van der Waals surface area contributed by atoms with Crippen molar-refractivity contribution in [2.24, 2.45) is 7.05 Å². The maximum Gasteiger partial charge on any atom is 0.0733 e. The highest BCUT2D eigenvalue weighted by Gasteiger charge is 2.38. The second kappa shape index (κ2) is 14.2. The molecule has 0 amide bonds. The van der Waals surface area contributed by atoms with Crippen LogP contribution in [0.5, 0.6) is 0 Å². The van der Waals surface area contributed by atoms with E-state index in [0.29, 0.717) is 0 Å². The van der Waals surface area contributed by atoms with Gasteiger partial charge in [-0.2, -0.15) is 0 Å². The molecule has 8 aromatic carbocycles. The van der Waals surface area contributed by atoms with E-state index in [0.717, 1.165) is 19.3 Å². The van der Waals surface area contributed by atoms with Crippen LogP contribution < -0.4 is 4.90 Å². The van der Waals surface area contributed by atoms with Gasteiger partial charge >= 0.3 is 0 Å². The van der Waals surface area contributed by atoms with Gasteiger partial charge in [0.05, 0.1) is 22.6 Å². The van der Waals surface area contributed by atoms with Crippen LogP contribution in [0.2, 0.25) is 0 Å². The summed E-state index contributed by atoms with van der Waals surface area (Å²) in [5.74, 6) is 0. The van der Waals surface area contributed by atoms with Gasteiger partial charge in [-0.25, -0.2) is 0 Å². The first-order valence-corrected chi connectivity index (χ1v) is 21.5. The van der Waals surface area contributed by atoms with Crippen molar-refractivity contribution in [2.45, 2.75) is 66.2 Å². The second-order valence-corrected chi connectivity index (χ2v) is 17.2. The summed E-state index contributed by atoms with van der Waals surface area (Å²) < 4.78 is 2.39. The highest BCUT2D eigenvalue weighted by Crippen LogP contribution is 2.56. The number of hydrogen-bond donors (Lipinski definition) is 0. The number of rotatable bonds is 8. The number of benzene rings is 8. The van der Waals surface area contributed by atoms with Crippen molar-refractivity contribution in [2.75, 3.05) is 4.90 Å². The fourth-order valence-electron chi connectivity index (χ4n) is 10.4. The smallest absolute Gasteiger partial charge is 0.0733 e. The average molecular weight is 765 g/mol. The van der Waals surface area contributed by atoms with Gasteiger partial charge in [-0.3, -0.25) is 0 Å². The summed E-state index contributed by atoms with van der Waals surface area (Å²) in [5.41, 5.74) is 21.8. The standard InChI is InChI=1S/C57H52N2/c1-8-18-39-33-40(30-29-38(39)9-2)41-31-32-47-48(34-41)57(5,6)49-35-53(43-22-12-13-24-45(43)55(47)49)59(51-27-16-20-37(4)54(51)42-21-11-10-19-36(42)3)52-28-17-25-46-44-23-14-15-26-50(44)58(7)56(46)52/h10-17,19-35H,8-9,18H2,1-7H3. The number of anilines is 3. The van der Waals surface area contributed by atoms with Gasteiger partial charge in [-0.15, -0.1) is 0 Å². The molecule has 9 aromatic rings. The lowest BCUT2D eigenvalue weighted by Gasteiger charge is -2.32. The van der Waals surface area contributed by atoms with E-state index in [1.165, 1.54) is 116 Å². The molecule has 0 bridgehead atoms. The Balaban J connectivity index is 1.26. The molecular weight excluding hydrogens is 713 g/mol. The van der Waals surface area contributed by atoms with Crippen molar-refractivity contribution in [3.05, 3.63) is 185 Å². The van der Waals surface area contributed by atoms with Crippen LogP contribution >= 0.6 is 0 Å². The Hall–Kier alpha value is -6.38. The van der Waals surface area contributed by atoms with Crippen molar-refractivity contribution in [1.82, 2.24) is 4.57 Å². The number of aromatic nitrogens is 1. The normalized spacial score (nSPS) is 13.0. The number of hydrogen-bond acceptors (Lipinski definition) is 1. The third-order valence-electron chi connectivity index (χ3n) is 13.4. The van der Waals surface area contributed by atoms with E-state index >= 15 is 0 Å². The van der Waals surface area contributed by atoms with Crippen LogP contribution in [0.15, 0.2) is 152 Å². The average Bonchev–Trinajstić information content (AvgIpc) is 3.68. The zero-order valence-electron chi connectivity index (χ0n) is 35.4. The molecule has 0 radical (unpaired) electrons. The third kappa shape index (κ3) is 5.68. The molecule has 0 unspecified atom stereocenters. The lowest BCUT2D eigenvalue weighted by Crippen LogP contribution is -2.18. The Labute approximate surface area is 349 Å². The molecule has 10 rings (SSSR count). The van der Waals surface area contributed by atoms with Crippen LogP contribution in [-0.4, -0.2) is 4.57 Å². The van der Waals surface area contributed by atoms with Crippen LogP contribution in [-0.2, 0) is 25.3 Å². The molecule has 0 saturated carbocycles. The monoisotopic (exact) mass is 764 g/mol. The maximum absolute atomic E-state index is 2.59. The molecule has 1 heterocycles. The Morgan fingerprint density at radius 3 is 1.97 bits per heavy atom. The lowest BCUT2D eigenvalue weighted by molar-refractivity contribution is 0.661. The SMILES string of the molecule is CCCc1cc(-c2ccc3c(c2)C(C)(C)c2cc(N(c4cccc(C)c4-c4ccccc4C)c4cccc5c6ccccc6n(C)c45)c4ccccc4c2-3)ccc1CC. The topological polar surface area (TPSA) is 8.17 Å². The molecule has 0 fully saturated rings. The van der Waals surface area contributed by atoms with Gasteiger partial charge in [0, 0.05) is 39.7 Å². The summed E-state index contributed by atoms with van der Waals surface area (Å²) in [6.07, 6.45) is 3.33. The van der Waals surface area contributed by atoms with Gasteiger partial charge in [-0.1, -0.05) is 155 Å². The molecule has 0 saturated heterocycles. The summed E-state index contributed by atoms with van der Waals surface area (Å²) in [7, 11) is 2.23. The van der Waals surface area contributed by atoms with Gasteiger partial charge in [0.2, 0.25) is 0 Å². The minimum atomic E-state index is -0.238. The largest absolute Gasteiger partial charge is 0.342 e. The van der Waals surface area contributed by atoms with Gasteiger partial charge in [0.1, 0.15) is 0 Å². The Morgan fingerprint density at radius 2 is 1.17 bits per heavy atom. The van der Waals surface area contributed by atoms with E-state index in [-0.39, 0.29) is 5.41 Å². The Morgan fingerprint density at radius 1 is 0.508 bits per heavy atom. The molecule has 59 heavy (non-hydrogen) atoms. The molecule has 2 nitrogen and oxygen atoms in total. The fourth-order valence-corrected chi connectivity index (χ4v) is 10.4. The molecule has 0 spiro atoms. The van der Waals surface area contributed by atoms with Gasteiger partial charge < -0.3 is 9.47 Å². The summed E-state index contributed by atoms with van der Waals surface area (Å²) in [6.45, 7) is 13.9. The Bertz CT molecular complexity index is 3120. The van der Waals surface area contributed by atoms with Crippen LogP contribution in [0.3, 0.4) is 0 Å². The highest BCUT2D eigenvalue weighted by atomic mass is 15.2. The molecule has 290 valence electrons. The van der Waals surface area contributed by atoms with E-state index < -0.39 is 0 Å². The summed E-state index contributed by atoms with van der Waals surface area (Å²) in [4.78, 5) is 2.59. The summed E-state index contributed by atoms with van der Waals surface area (Å²) in [6, 6.07) is 57.4. The third-order valence-corrected chi connectivity index (χ3v) is 13.4. The number of para-hydroxylation sites is 2. The predicted molar refractivity (Wildman–Crippen MR) is 254 cm³/mol. The van der Waals surface area contributed by atoms with Gasteiger partial charge in [0.15, 0.2) is 0 Å². The minimum absolute atomic E-state index is 0.238. The van der Waals surface area contributed by atoms with Crippen LogP contribution in [0.4, 0.5) is 17.1 Å². The minimum Gasteiger partial charge on any atom is -0.342 e. The van der Waals surface area contributed by atoms with Crippen LogP contribution in [0, 0.1) is 13.8 Å². The van der Waals surface area contributed by atoms with Crippen molar-refractivity contribution in [3.63, 3.8) is 0 Å². The molecule has 2 heteroatoms. The first kappa shape index (κ1) is 36.9. The van der Waals surface area contributed by atoms with E-state index in [1.54, 1.807) is 0 Å². The molecule has 1 aromatic heterocycles. The first-order valence-electron chi connectivity index (χ1n) is 21.5. The van der Waals surface area contributed by atoms with E-state index in [1.807, 2.05) is 0 Å². The molecule has 1 aliphatic rings. The molecule has 0 aliphatic heterocycles. The van der Waals surface area contributed by atoms with Crippen LogP contribution in [0.1, 0.15) is 67.5 Å². The first-order chi connectivity index (χ1) is 28.7. The number of aryl methyl sites for hydroxylation is 5. The van der Waals surface area contributed by atoms with E-state index in [9.17, 15) is 0 Å². The maximum atomic E-state index is 2.59. The summed E-state index contributed by atoms with van der Waals surface area (Å²) in [5, 5.41) is 5.06. The summed E-state index contributed by atoms with van der Waals surface area (Å²) >= 11 is 0. The van der Waals surface area contributed by atoms with Crippen LogP contribution in [0.25, 0.3) is 66.0 Å². The quantitative estimate of drug-likeness (QED) is 0.150. The van der Waals surface area contributed by atoms with Gasteiger partial charge in [0.25, 0.3) is 0 Å². The Kier molecular flexibility index (Phi) is 8.87.